The van der Waals surface area contributed by atoms with Crippen LogP contribution in [0.3, 0.4) is 0 Å². The second-order valence-electron chi connectivity index (χ2n) is 6.91. The van der Waals surface area contributed by atoms with Crippen LogP contribution in [-0.4, -0.2) is 34.9 Å². The van der Waals surface area contributed by atoms with Crippen molar-refractivity contribution in [2.75, 3.05) is 6.54 Å². The van der Waals surface area contributed by atoms with E-state index in [9.17, 15) is 14.4 Å². The van der Waals surface area contributed by atoms with Gasteiger partial charge < -0.3 is 10.1 Å². The van der Waals surface area contributed by atoms with E-state index in [-0.39, 0.29) is 19.1 Å². The average molecular weight is 352 g/mol. The number of rotatable bonds is 4. The monoisotopic (exact) mass is 352 g/mol. The molecule has 2 aliphatic rings. The molecule has 26 heavy (non-hydrogen) atoms. The first-order valence-corrected chi connectivity index (χ1v) is 8.85. The number of hydrogen-bond donors (Lipinski definition) is 1. The Morgan fingerprint density at radius 2 is 1.81 bits per heavy atom. The van der Waals surface area contributed by atoms with Crippen LogP contribution in [0.2, 0.25) is 0 Å². The second kappa shape index (κ2) is 6.44. The Kier molecular flexibility index (Phi) is 4.11. The van der Waals surface area contributed by atoms with Gasteiger partial charge in [0.1, 0.15) is 18.7 Å². The zero-order valence-electron chi connectivity index (χ0n) is 14.4. The zero-order chi connectivity index (χ0) is 18.1. The molecule has 0 atom stereocenters. The molecule has 0 aromatic heterocycles. The number of nitrogens with one attached hydrogen (secondary N) is 1. The van der Waals surface area contributed by atoms with E-state index < -0.39 is 17.5 Å². The van der Waals surface area contributed by atoms with Gasteiger partial charge >= 0.3 is 12.0 Å². The van der Waals surface area contributed by atoms with E-state index in [4.69, 9.17) is 4.74 Å². The van der Waals surface area contributed by atoms with E-state index in [0.717, 1.165) is 34.1 Å². The molecular weight excluding hydrogens is 332 g/mol. The first-order valence-electron chi connectivity index (χ1n) is 8.85. The standard InChI is InChI=1S/C20H20N2O4/c23-17(12-22-18(24)20(21-19(22)25)10-3-4-11-20)26-13-15-8-5-7-14-6-1-2-9-16(14)15/h1-2,5-9H,3-4,10-13H2,(H,21,25). The molecule has 0 radical (unpaired) electrons. The number of esters is 1. The fourth-order valence-electron chi connectivity index (χ4n) is 3.89. The Labute approximate surface area is 151 Å². The Hall–Kier alpha value is -2.89. The van der Waals surface area contributed by atoms with Crippen LogP contribution in [0.4, 0.5) is 4.79 Å². The summed E-state index contributed by atoms with van der Waals surface area (Å²) >= 11 is 0. The van der Waals surface area contributed by atoms with Crippen LogP contribution >= 0.6 is 0 Å². The molecule has 1 heterocycles. The third kappa shape index (κ3) is 2.81. The second-order valence-corrected chi connectivity index (χ2v) is 6.91. The van der Waals surface area contributed by atoms with Crippen molar-refractivity contribution < 1.29 is 19.1 Å². The number of fused-ring (bicyclic) bond motifs is 1. The van der Waals surface area contributed by atoms with Gasteiger partial charge in [0, 0.05) is 0 Å². The summed E-state index contributed by atoms with van der Waals surface area (Å²) in [6.07, 6.45) is 3.09. The van der Waals surface area contributed by atoms with E-state index in [1.807, 2.05) is 42.5 Å². The van der Waals surface area contributed by atoms with Crippen molar-refractivity contribution >= 4 is 28.7 Å². The lowest BCUT2D eigenvalue weighted by Gasteiger charge is -2.19. The van der Waals surface area contributed by atoms with Crippen LogP contribution in [0.25, 0.3) is 10.8 Å². The van der Waals surface area contributed by atoms with Gasteiger partial charge in [0.15, 0.2) is 0 Å². The summed E-state index contributed by atoms with van der Waals surface area (Å²) in [6, 6.07) is 13.2. The molecule has 4 rings (SSSR count). The van der Waals surface area contributed by atoms with Crippen molar-refractivity contribution in [2.24, 2.45) is 0 Å². The number of benzene rings is 2. The summed E-state index contributed by atoms with van der Waals surface area (Å²) in [5.41, 5.74) is 0.0911. The molecule has 1 aliphatic carbocycles. The molecule has 6 nitrogen and oxygen atoms in total. The highest BCUT2D eigenvalue weighted by molar-refractivity contribution is 6.08. The van der Waals surface area contributed by atoms with E-state index in [0.29, 0.717) is 12.8 Å². The Bertz CT molecular complexity index is 881. The molecule has 2 fully saturated rings. The number of imide groups is 1. The SMILES string of the molecule is O=C(CN1C(=O)NC2(CCCC2)C1=O)OCc1cccc2ccccc12. The summed E-state index contributed by atoms with van der Waals surface area (Å²) in [6.45, 7) is -0.244. The number of ether oxygens (including phenoxy) is 1. The third-order valence-corrected chi connectivity index (χ3v) is 5.26. The van der Waals surface area contributed by atoms with Gasteiger partial charge in [-0.25, -0.2) is 4.79 Å². The van der Waals surface area contributed by atoms with Gasteiger partial charge in [-0.3, -0.25) is 14.5 Å². The largest absolute Gasteiger partial charge is 0.459 e. The summed E-state index contributed by atoms with van der Waals surface area (Å²) < 4.78 is 5.33. The van der Waals surface area contributed by atoms with Crippen LogP contribution in [-0.2, 0) is 20.9 Å². The predicted molar refractivity (Wildman–Crippen MR) is 95.2 cm³/mol. The van der Waals surface area contributed by atoms with Crippen molar-refractivity contribution in [1.29, 1.82) is 0 Å². The molecular formula is C20H20N2O4. The van der Waals surface area contributed by atoms with Crippen LogP contribution in [0.1, 0.15) is 31.2 Å². The summed E-state index contributed by atoms with van der Waals surface area (Å²) in [5.74, 6) is -0.890. The molecule has 1 aliphatic heterocycles. The fraction of sp³-hybridized carbons (Fsp3) is 0.350. The highest BCUT2D eigenvalue weighted by Gasteiger charge is 2.52. The van der Waals surface area contributed by atoms with E-state index >= 15 is 0 Å². The van der Waals surface area contributed by atoms with E-state index in [1.165, 1.54) is 0 Å². The van der Waals surface area contributed by atoms with Crippen molar-refractivity contribution in [3.05, 3.63) is 48.0 Å². The lowest BCUT2D eigenvalue weighted by Crippen LogP contribution is -2.44. The van der Waals surface area contributed by atoms with Gasteiger partial charge in [-0.2, -0.15) is 0 Å². The van der Waals surface area contributed by atoms with Gasteiger partial charge in [-0.1, -0.05) is 55.3 Å². The zero-order valence-corrected chi connectivity index (χ0v) is 14.4. The number of carbonyl (C=O) groups excluding carboxylic acids is 3. The van der Waals surface area contributed by atoms with Crippen LogP contribution < -0.4 is 5.32 Å². The van der Waals surface area contributed by atoms with Crippen LogP contribution in [0.15, 0.2) is 42.5 Å². The lowest BCUT2D eigenvalue weighted by atomic mass is 9.98. The van der Waals surface area contributed by atoms with E-state index in [1.54, 1.807) is 0 Å². The minimum Gasteiger partial charge on any atom is -0.459 e. The summed E-state index contributed by atoms with van der Waals surface area (Å²) in [5, 5.41) is 4.85. The quantitative estimate of drug-likeness (QED) is 0.678. The molecule has 134 valence electrons. The maximum Gasteiger partial charge on any atom is 0.326 e. The maximum absolute atomic E-state index is 12.6. The van der Waals surface area contributed by atoms with Gasteiger partial charge in [0.05, 0.1) is 0 Å². The Morgan fingerprint density at radius 3 is 2.62 bits per heavy atom. The molecule has 2 aromatic carbocycles. The molecule has 6 heteroatoms. The van der Waals surface area contributed by atoms with Gasteiger partial charge in [-0.05, 0) is 29.2 Å². The van der Waals surface area contributed by atoms with Gasteiger partial charge in [-0.15, -0.1) is 0 Å². The molecule has 2 aromatic rings. The highest BCUT2D eigenvalue weighted by atomic mass is 16.5. The fourth-order valence-corrected chi connectivity index (χ4v) is 3.89. The van der Waals surface area contributed by atoms with Crippen molar-refractivity contribution in [2.45, 2.75) is 37.8 Å². The van der Waals surface area contributed by atoms with Gasteiger partial charge in [0.25, 0.3) is 5.91 Å². The molecule has 1 saturated heterocycles. The summed E-state index contributed by atoms with van der Waals surface area (Å²) in [4.78, 5) is 37.9. The van der Waals surface area contributed by atoms with E-state index in [2.05, 4.69) is 5.32 Å². The third-order valence-electron chi connectivity index (χ3n) is 5.26. The average Bonchev–Trinajstić information content (AvgIpc) is 3.21. The Morgan fingerprint density at radius 1 is 1.08 bits per heavy atom. The Balaban J connectivity index is 1.41. The number of hydrogen-bond acceptors (Lipinski definition) is 4. The summed E-state index contributed by atoms with van der Waals surface area (Å²) in [7, 11) is 0. The molecule has 1 saturated carbocycles. The highest BCUT2D eigenvalue weighted by Crippen LogP contribution is 2.34. The van der Waals surface area contributed by atoms with Gasteiger partial charge in [0.2, 0.25) is 0 Å². The number of amides is 3. The van der Waals surface area contributed by atoms with Crippen LogP contribution in [0, 0.1) is 0 Å². The smallest absolute Gasteiger partial charge is 0.326 e. The lowest BCUT2D eigenvalue weighted by molar-refractivity contribution is -0.148. The number of urea groups is 1. The predicted octanol–water partition coefficient (Wildman–Crippen LogP) is 2.75. The van der Waals surface area contributed by atoms with Crippen molar-refractivity contribution in [1.82, 2.24) is 10.2 Å². The molecule has 1 N–H and O–H groups in total. The molecule has 1 spiro atoms. The molecule has 0 unspecified atom stereocenters. The normalized spacial score (nSPS) is 18.5. The molecule has 0 bridgehead atoms. The van der Waals surface area contributed by atoms with Crippen molar-refractivity contribution in [3.8, 4) is 0 Å². The number of nitrogens with zero attached hydrogens (tertiary/aromatic N) is 1. The minimum absolute atomic E-state index is 0.106. The minimum atomic E-state index is -0.799. The topological polar surface area (TPSA) is 75.7 Å². The maximum atomic E-state index is 12.6. The number of carbonyl (C=O) groups is 3. The molecule has 3 amide bonds. The van der Waals surface area contributed by atoms with Crippen LogP contribution in [0.5, 0.6) is 0 Å². The first kappa shape index (κ1) is 16.6. The van der Waals surface area contributed by atoms with Crippen molar-refractivity contribution in [3.63, 3.8) is 0 Å². The first-order chi connectivity index (χ1) is 12.6.